The normalized spacial score (nSPS) is 11.5. The first-order chi connectivity index (χ1) is 13.3. The van der Waals surface area contributed by atoms with E-state index in [1.807, 2.05) is 59.3 Å². The molecule has 0 N–H and O–H groups in total. The van der Waals surface area contributed by atoms with Crippen molar-refractivity contribution in [3.05, 3.63) is 60.4 Å². The van der Waals surface area contributed by atoms with E-state index in [4.69, 9.17) is 9.97 Å². The SMILES string of the molecule is CCc1nc2nc(-n3ccnc3-c3ccccc3)ncc2n2c(C)nnc12. The molecule has 8 heteroatoms. The number of benzene rings is 1. The van der Waals surface area contributed by atoms with Crippen molar-refractivity contribution in [2.45, 2.75) is 20.3 Å². The third-order valence-corrected chi connectivity index (χ3v) is 4.53. The molecule has 0 saturated heterocycles. The van der Waals surface area contributed by atoms with Gasteiger partial charge in [-0.15, -0.1) is 10.2 Å². The zero-order chi connectivity index (χ0) is 18.4. The van der Waals surface area contributed by atoms with Gasteiger partial charge in [0.15, 0.2) is 11.3 Å². The van der Waals surface area contributed by atoms with Crippen LogP contribution >= 0.6 is 0 Å². The van der Waals surface area contributed by atoms with Crippen LogP contribution in [0.3, 0.4) is 0 Å². The number of imidazole rings is 1. The lowest BCUT2D eigenvalue weighted by atomic mass is 10.2. The third-order valence-electron chi connectivity index (χ3n) is 4.53. The van der Waals surface area contributed by atoms with E-state index in [0.717, 1.165) is 40.5 Å². The highest BCUT2D eigenvalue weighted by atomic mass is 15.3. The molecule has 5 rings (SSSR count). The summed E-state index contributed by atoms with van der Waals surface area (Å²) in [4.78, 5) is 18.4. The van der Waals surface area contributed by atoms with Crippen LogP contribution in [0.4, 0.5) is 0 Å². The Labute approximate surface area is 154 Å². The molecule has 0 radical (unpaired) electrons. The van der Waals surface area contributed by atoms with E-state index in [9.17, 15) is 0 Å². The molecule has 0 fully saturated rings. The van der Waals surface area contributed by atoms with E-state index in [-0.39, 0.29) is 0 Å². The molecule has 0 amide bonds. The van der Waals surface area contributed by atoms with E-state index in [0.29, 0.717) is 11.6 Å². The first-order valence-electron chi connectivity index (χ1n) is 8.72. The fourth-order valence-corrected chi connectivity index (χ4v) is 3.23. The van der Waals surface area contributed by atoms with Gasteiger partial charge in [0, 0.05) is 18.0 Å². The zero-order valence-electron chi connectivity index (χ0n) is 14.9. The lowest BCUT2D eigenvalue weighted by molar-refractivity contribution is 0.925. The van der Waals surface area contributed by atoms with Crippen LogP contribution in [-0.2, 0) is 6.42 Å². The van der Waals surface area contributed by atoms with Gasteiger partial charge in [0.25, 0.3) is 0 Å². The number of aromatic nitrogens is 8. The van der Waals surface area contributed by atoms with Crippen molar-refractivity contribution in [2.75, 3.05) is 0 Å². The highest BCUT2D eigenvalue weighted by Crippen LogP contribution is 2.21. The van der Waals surface area contributed by atoms with E-state index >= 15 is 0 Å². The number of nitrogens with zero attached hydrogens (tertiary/aromatic N) is 8. The van der Waals surface area contributed by atoms with Gasteiger partial charge in [0.05, 0.1) is 11.9 Å². The largest absolute Gasteiger partial charge is 0.273 e. The molecule has 0 aliphatic carbocycles. The summed E-state index contributed by atoms with van der Waals surface area (Å²) in [7, 11) is 0. The lowest BCUT2D eigenvalue weighted by Crippen LogP contribution is -2.06. The molecule has 0 aliphatic rings. The molecule has 0 atom stereocenters. The van der Waals surface area contributed by atoms with Crippen LogP contribution in [-0.4, -0.2) is 39.1 Å². The van der Waals surface area contributed by atoms with Crippen molar-refractivity contribution >= 4 is 16.8 Å². The molecular formula is C19H16N8. The zero-order valence-corrected chi connectivity index (χ0v) is 14.9. The molecule has 8 nitrogen and oxygen atoms in total. The van der Waals surface area contributed by atoms with E-state index in [1.54, 1.807) is 12.4 Å². The van der Waals surface area contributed by atoms with Crippen LogP contribution < -0.4 is 0 Å². The Morgan fingerprint density at radius 1 is 1.00 bits per heavy atom. The number of hydrogen-bond donors (Lipinski definition) is 0. The summed E-state index contributed by atoms with van der Waals surface area (Å²) in [5.74, 6) is 2.10. The van der Waals surface area contributed by atoms with Gasteiger partial charge >= 0.3 is 0 Å². The molecule has 1 aromatic carbocycles. The highest BCUT2D eigenvalue weighted by Gasteiger charge is 2.15. The molecule has 5 aromatic rings. The molecule has 27 heavy (non-hydrogen) atoms. The first kappa shape index (κ1) is 15.6. The van der Waals surface area contributed by atoms with Gasteiger partial charge in [-0.25, -0.2) is 15.0 Å². The van der Waals surface area contributed by atoms with Gasteiger partial charge in [-0.2, -0.15) is 4.98 Å². The lowest BCUT2D eigenvalue weighted by Gasteiger charge is -2.09. The van der Waals surface area contributed by atoms with Gasteiger partial charge in [-0.05, 0) is 13.3 Å². The maximum Gasteiger partial charge on any atom is 0.237 e. The van der Waals surface area contributed by atoms with Crippen LogP contribution in [0.5, 0.6) is 0 Å². The maximum atomic E-state index is 4.71. The molecule has 4 aromatic heterocycles. The molecule has 0 aliphatic heterocycles. The van der Waals surface area contributed by atoms with Gasteiger partial charge in [-0.3, -0.25) is 8.97 Å². The van der Waals surface area contributed by atoms with E-state index in [1.165, 1.54) is 0 Å². The summed E-state index contributed by atoms with van der Waals surface area (Å²) in [6.07, 6.45) is 6.11. The maximum absolute atomic E-state index is 4.71. The van der Waals surface area contributed by atoms with Gasteiger partial charge in [0.2, 0.25) is 5.95 Å². The molecule has 4 heterocycles. The van der Waals surface area contributed by atoms with Gasteiger partial charge in [-0.1, -0.05) is 37.3 Å². The quantitative estimate of drug-likeness (QED) is 0.494. The summed E-state index contributed by atoms with van der Waals surface area (Å²) in [5, 5.41) is 8.43. The average Bonchev–Trinajstić information content (AvgIpc) is 3.35. The molecule has 132 valence electrons. The van der Waals surface area contributed by atoms with Crippen molar-refractivity contribution in [3.63, 3.8) is 0 Å². The Bertz CT molecular complexity index is 1270. The Morgan fingerprint density at radius 3 is 2.67 bits per heavy atom. The van der Waals surface area contributed by atoms with Crippen LogP contribution in [0.1, 0.15) is 18.4 Å². The average molecular weight is 356 g/mol. The summed E-state index contributed by atoms with van der Waals surface area (Å²) >= 11 is 0. The van der Waals surface area contributed by atoms with E-state index < -0.39 is 0 Å². The molecule has 0 unspecified atom stereocenters. The minimum absolute atomic E-state index is 0.526. The summed E-state index contributed by atoms with van der Waals surface area (Å²) in [5.41, 5.74) is 4.02. The minimum atomic E-state index is 0.526. The van der Waals surface area contributed by atoms with Crippen molar-refractivity contribution in [1.82, 2.24) is 39.1 Å². The Kier molecular flexibility index (Phi) is 3.43. The second kappa shape index (κ2) is 5.94. The molecule has 0 saturated carbocycles. The van der Waals surface area contributed by atoms with Crippen LogP contribution in [0.15, 0.2) is 48.9 Å². The molecule has 0 bridgehead atoms. The smallest absolute Gasteiger partial charge is 0.237 e. The van der Waals surface area contributed by atoms with Crippen LogP contribution in [0.25, 0.3) is 34.1 Å². The van der Waals surface area contributed by atoms with Gasteiger partial charge < -0.3 is 0 Å². The Hall–Kier alpha value is -3.68. The van der Waals surface area contributed by atoms with Crippen LogP contribution in [0, 0.1) is 6.92 Å². The third kappa shape index (κ3) is 2.37. The molecule has 0 spiro atoms. The Morgan fingerprint density at radius 2 is 1.85 bits per heavy atom. The number of aryl methyl sites for hydroxylation is 2. The van der Waals surface area contributed by atoms with Crippen molar-refractivity contribution in [1.29, 1.82) is 0 Å². The topological polar surface area (TPSA) is 86.7 Å². The number of rotatable bonds is 3. The number of fused-ring (bicyclic) bond motifs is 3. The summed E-state index contributed by atoms with van der Waals surface area (Å²) < 4.78 is 3.82. The first-order valence-corrected chi connectivity index (χ1v) is 8.72. The summed E-state index contributed by atoms with van der Waals surface area (Å²) in [6, 6.07) is 9.97. The van der Waals surface area contributed by atoms with Gasteiger partial charge in [0.1, 0.15) is 17.2 Å². The van der Waals surface area contributed by atoms with Crippen molar-refractivity contribution in [3.8, 4) is 17.3 Å². The Balaban J connectivity index is 1.74. The minimum Gasteiger partial charge on any atom is -0.273 e. The fraction of sp³-hybridized carbons (Fsp3) is 0.158. The van der Waals surface area contributed by atoms with Crippen LogP contribution in [0.2, 0.25) is 0 Å². The van der Waals surface area contributed by atoms with E-state index in [2.05, 4.69) is 20.2 Å². The van der Waals surface area contributed by atoms with Crippen molar-refractivity contribution in [2.24, 2.45) is 0 Å². The second-order valence-electron chi connectivity index (χ2n) is 6.18. The highest BCUT2D eigenvalue weighted by molar-refractivity contribution is 5.75. The fourth-order valence-electron chi connectivity index (χ4n) is 3.23. The predicted molar refractivity (Wildman–Crippen MR) is 101 cm³/mol. The van der Waals surface area contributed by atoms with Crippen molar-refractivity contribution < 1.29 is 0 Å². The second-order valence-corrected chi connectivity index (χ2v) is 6.18. The summed E-state index contributed by atoms with van der Waals surface area (Å²) in [6.45, 7) is 3.96. The predicted octanol–water partition coefficient (Wildman–Crippen LogP) is 2.79. The monoisotopic (exact) mass is 356 g/mol. The number of hydrogen-bond acceptors (Lipinski definition) is 6. The molecular weight excluding hydrogens is 340 g/mol. The standard InChI is InChI=1S/C19H16N8/c1-3-14-18-25-24-12(2)27(18)15-11-21-19(23-16(15)22-14)26-10-9-20-17(26)13-7-5-4-6-8-13/h4-11H,3H2,1-2H3.